The molecule has 140 valence electrons. The predicted octanol–water partition coefficient (Wildman–Crippen LogP) is 3.25. The van der Waals surface area contributed by atoms with Gasteiger partial charge < -0.3 is 24.1 Å². The van der Waals surface area contributed by atoms with E-state index in [1.165, 1.54) is 0 Å². The van der Waals surface area contributed by atoms with Crippen molar-refractivity contribution in [2.24, 2.45) is 5.73 Å². The van der Waals surface area contributed by atoms with Crippen LogP contribution in [0.25, 0.3) is 10.9 Å². The smallest absolute Gasteiger partial charge is 0.506 e. The number of pyridine rings is 1. The summed E-state index contributed by atoms with van der Waals surface area (Å²) in [6.45, 7) is 9.57. The summed E-state index contributed by atoms with van der Waals surface area (Å²) in [7, 11) is -2.62. The van der Waals surface area contributed by atoms with E-state index in [9.17, 15) is 5.11 Å². The average molecular weight is 367 g/mol. The van der Waals surface area contributed by atoms with Crippen molar-refractivity contribution in [3.05, 3.63) is 36.5 Å². The number of phenols is 1. The van der Waals surface area contributed by atoms with Crippen molar-refractivity contribution in [3.63, 3.8) is 0 Å². The highest BCUT2D eigenvalue weighted by molar-refractivity contribution is 6.62. The molecule has 0 amide bonds. The van der Waals surface area contributed by atoms with E-state index in [1.54, 1.807) is 18.3 Å². The van der Waals surface area contributed by atoms with Crippen molar-refractivity contribution in [1.29, 1.82) is 0 Å². The van der Waals surface area contributed by atoms with Crippen LogP contribution in [0, 0.1) is 0 Å². The number of rotatable bonds is 8. The third-order valence-electron chi connectivity index (χ3n) is 3.54. The minimum absolute atomic E-state index is 0.123. The molecule has 1 unspecified atom stereocenters. The monoisotopic (exact) mass is 366 g/mol. The molecule has 0 aliphatic heterocycles. The standard InChI is InChI=1S/C9H23NO3Si.C9H7NO/c1-5-9(10)14(11-6-2,12-7-3)13-8-4;11-8-5-1-3-7-4-2-6-10-9(7)8/h9H,5-8,10H2,1-4H3;1-6,11H. The van der Waals surface area contributed by atoms with Crippen LogP contribution in [-0.2, 0) is 13.3 Å². The largest absolute Gasteiger partial charge is 0.518 e. The van der Waals surface area contributed by atoms with Crippen LogP contribution in [0.15, 0.2) is 36.5 Å². The minimum atomic E-state index is -2.62. The molecule has 1 heterocycles. The Morgan fingerprint density at radius 2 is 1.56 bits per heavy atom. The molecule has 1 atom stereocenters. The van der Waals surface area contributed by atoms with Crippen LogP contribution in [0.4, 0.5) is 0 Å². The third kappa shape index (κ3) is 6.05. The summed E-state index contributed by atoms with van der Waals surface area (Å²) in [5.74, 6) is 0.239. The molecule has 2 rings (SSSR count). The zero-order valence-electron chi connectivity index (χ0n) is 15.6. The van der Waals surface area contributed by atoms with Gasteiger partial charge in [0.15, 0.2) is 0 Å². The first kappa shape index (κ1) is 21.5. The fraction of sp³-hybridized carbons (Fsp3) is 0.500. The van der Waals surface area contributed by atoms with Crippen LogP contribution in [-0.4, -0.2) is 44.4 Å². The molecule has 3 N–H and O–H groups in total. The summed E-state index contributed by atoms with van der Waals surface area (Å²) < 4.78 is 16.9. The van der Waals surface area contributed by atoms with Crippen molar-refractivity contribution in [3.8, 4) is 5.75 Å². The Kier molecular flexibility index (Phi) is 9.62. The van der Waals surface area contributed by atoms with Crippen LogP contribution < -0.4 is 5.73 Å². The predicted molar refractivity (Wildman–Crippen MR) is 102 cm³/mol. The van der Waals surface area contributed by atoms with Crippen LogP contribution in [0.2, 0.25) is 0 Å². The van der Waals surface area contributed by atoms with Gasteiger partial charge >= 0.3 is 8.80 Å². The van der Waals surface area contributed by atoms with Gasteiger partial charge in [0.25, 0.3) is 0 Å². The number of nitrogens with zero attached hydrogens (tertiary/aromatic N) is 1. The maximum Gasteiger partial charge on any atom is 0.518 e. The van der Waals surface area contributed by atoms with E-state index in [-0.39, 0.29) is 11.4 Å². The van der Waals surface area contributed by atoms with Crippen LogP contribution >= 0.6 is 0 Å². The molecule has 0 spiro atoms. The number of phenolic OH excluding ortho intramolecular Hbond substituents is 1. The molecule has 7 heteroatoms. The molecule has 0 saturated carbocycles. The molecule has 25 heavy (non-hydrogen) atoms. The zero-order valence-corrected chi connectivity index (χ0v) is 16.6. The topological polar surface area (TPSA) is 86.8 Å². The lowest BCUT2D eigenvalue weighted by atomic mass is 10.2. The summed E-state index contributed by atoms with van der Waals surface area (Å²) in [5, 5.41) is 10.3. The second-order valence-corrected chi connectivity index (χ2v) is 8.08. The van der Waals surface area contributed by atoms with E-state index in [2.05, 4.69) is 4.98 Å². The SMILES string of the molecule is CCO[Si](OCC)(OCC)C(N)CC.Oc1cccc2cccnc12. The normalized spacial score (nSPS) is 12.5. The quantitative estimate of drug-likeness (QED) is 0.697. The van der Waals surface area contributed by atoms with Crippen molar-refractivity contribution < 1.29 is 18.4 Å². The second kappa shape index (κ2) is 11.2. The first-order valence-corrected chi connectivity index (χ1v) is 10.5. The molecule has 0 saturated heterocycles. The Balaban J connectivity index is 0.000000255. The third-order valence-corrected chi connectivity index (χ3v) is 6.93. The molecule has 0 bridgehead atoms. The molecular weight excluding hydrogens is 336 g/mol. The summed E-state index contributed by atoms with van der Waals surface area (Å²) in [4.78, 5) is 4.03. The van der Waals surface area contributed by atoms with E-state index >= 15 is 0 Å². The Hall–Kier alpha value is -1.51. The summed E-state index contributed by atoms with van der Waals surface area (Å²) in [5.41, 5.74) is 6.54. The van der Waals surface area contributed by atoms with Gasteiger partial charge in [0.2, 0.25) is 0 Å². The minimum Gasteiger partial charge on any atom is -0.506 e. The highest BCUT2D eigenvalue weighted by Gasteiger charge is 2.46. The summed E-state index contributed by atoms with van der Waals surface area (Å²) >= 11 is 0. The van der Waals surface area contributed by atoms with Gasteiger partial charge in [0.1, 0.15) is 11.3 Å². The molecular formula is C18H30N2O4Si. The molecule has 0 fully saturated rings. The van der Waals surface area contributed by atoms with E-state index in [4.69, 9.17) is 19.0 Å². The van der Waals surface area contributed by atoms with Crippen LogP contribution in [0.5, 0.6) is 5.75 Å². The summed E-state index contributed by atoms with van der Waals surface area (Å²) in [6, 6.07) is 9.13. The van der Waals surface area contributed by atoms with Crippen LogP contribution in [0.1, 0.15) is 34.1 Å². The van der Waals surface area contributed by atoms with Gasteiger partial charge in [-0.1, -0.05) is 25.1 Å². The fourth-order valence-electron chi connectivity index (χ4n) is 2.39. The van der Waals surface area contributed by atoms with Crippen molar-refractivity contribution in [1.82, 2.24) is 4.98 Å². The number of aromatic hydroxyl groups is 1. The molecule has 1 aromatic carbocycles. The highest BCUT2D eigenvalue weighted by Crippen LogP contribution is 2.20. The highest BCUT2D eigenvalue weighted by atomic mass is 28.4. The maximum absolute atomic E-state index is 9.31. The number of hydrogen-bond donors (Lipinski definition) is 2. The van der Waals surface area contributed by atoms with Crippen molar-refractivity contribution >= 4 is 19.7 Å². The first-order chi connectivity index (χ1) is 12.0. The van der Waals surface area contributed by atoms with Gasteiger partial charge in [-0.15, -0.1) is 0 Å². The Morgan fingerprint density at radius 1 is 1.00 bits per heavy atom. The number of benzene rings is 1. The van der Waals surface area contributed by atoms with Gasteiger partial charge in [-0.05, 0) is 39.3 Å². The van der Waals surface area contributed by atoms with Gasteiger partial charge in [-0.3, -0.25) is 4.98 Å². The Morgan fingerprint density at radius 3 is 2.04 bits per heavy atom. The van der Waals surface area contributed by atoms with E-state index in [1.807, 2.05) is 45.9 Å². The van der Waals surface area contributed by atoms with Crippen LogP contribution in [0.3, 0.4) is 0 Å². The Labute approximate surface area is 151 Å². The number of aromatic nitrogens is 1. The van der Waals surface area contributed by atoms with Gasteiger partial charge in [-0.2, -0.15) is 0 Å². The van der Waals surface area contributed by atoms with E-state index < -0.39 is 8.80 Å². The van der Waals surface area contributed by atoms with E-state index in [0.717, 1.165) is 11.8 Å². The lowest BCUT2D eigenvalue weighted by Crippen LogP contribution is -2.60. The number of para-hydroxylation sites is 1. The number of nitrogens with two attached hydrogens (primary N) is 1. The average Bonchev–Trinajstić information content (AvgIpc) is 2.62. The zero-order chi connectivity index (χ0) is 18.7. The van der Waals surface area contributed by atoms with Gasteiger partial charge in [0, 0.05) is 31.4 Å². The first-order valence-electron chi connectivity index (χ1n) is 8.74. The van der Waals surface area contributed by atoms with E-state index in [0.29, 0.717) is 25.3 Å². The molecule has 6 nitrogen and oxygen atoms in total. The molecule has 0 aliphatic carbocycles. The van der Waals surface area contributed by atoms with Gasteiger partial charge in [0.05, 0.1) is 5.67 Å². The Bertz CT molecular complexity index is 605. The number of hydrogen-bond acceptors (Lipinski definition) is 6. The lowest BCUT2D eigenvalue weighted by Gasteiger charge is -2.32. The lowest BCUT2D eigenvalue weighted by molar-refractivity contribution is 0.0618. The second-order valence-electron chi connectivity index (χ2n) is 5.27. The van der Waals surface area contributed by atoms with Crippen molar-refractivity contribution in [2.45, 2.75) is 39.8 Å². The van der Waals surface area contributed by atoms with Crippen molar-refractivity contribution in [2.75, 3.05) is 19.8 Å². The number of fused-ring (bicyclic) bond motifs is 1. The molecule has 2 aromatic rings. The molecule has 0 radical (unpaired) electrons. The molecule has 1 aromatic heterocycles. The summed E-state index contributed by atoms with van der Waals surface area (Å²) in [6.07, 6.45) is 2.48. The van der Waals surface area contributed by atoms with Gasteiger partial charge in [-0.25, -0.2) is 0 Å². The maximum atomic E-state index is 9.31. The molecule has 0 aliphatic rings. The fourth-order valence-corrected chi connectivity index (χ4v) is 4.99.